The highest BCUT2D eigenvalue weighted by molar-refractivity contribution is 7.80. The molecule has 0 N–H and O–H groups in total. The quantitative estimate of drug-likeness (QED) is 0.578. The molecule has 1 aromatic carbocycles. The summed E-state index contributed by atoms with van der Waals surface area (Å²) in [6.45, 7) is 3.95. The molecule has 1 nitrogen and oxygen atoms in total. The van der Waals surface area contributed by atoms with Gasteiger partial charge in [-0.05, 0) is 30.2 Å². The molecule has 0 aliphatic carbocycles. The van der Waals surface area contributed by atoms with E-state index in [2.05, 4.69) is 19.6 Å². The first-order chi connectivity index (χ1) is 6.17. The van der Waals surface area contributed by atoms with Gasteiger partial charge in [-0.1, -0.05) is 13.8 Å². The summed E-state index contributed by atoms with van der Waals surface area (Å²) in [7, 11) is 0. The Morgan fingerprint density at radius 2 is 2.00 bits per heavy atom. The first-order valence-corrected chi connectivity index (χ1v) is 4.98. The molecule has 0 aromatic heterocycles. The van der Waals surface area contributed by atoms with Gasteiger partial charge in [-0.25, -0.2) is 0 Å². The minimum Gasteiger partial charge on any atom is -0.294 e. The number of aryl methyl sites for hydroxylation is 1. The van der Waals surface area contributed by atoms with Gasteiger partial charge in [-0.3, -0.25) is 4.79 Å². The standard InChI is InChI=1S/C11H14OS/c1-3-8-5-9(11(12)4-2)7-10(13)6-8/h5-7,13H,3-4H2,1-2H3. The third kappa shape index (κ3) is 2.59. The van der Waals surface area contributed by atoms with Crippen molar-refractivity contribution >= 4 is 18.4 Å². The van der Waals surface area contributed by atoms with Gasteiger partial charge in [0, 0.05) is 16.9 Å². The lowest BCUT2D eigenvalue weighted by molar-refractivity contribution is 0.0988. The molecular weight excluding hydrogens is 180 g/mol. The predicted octanol–water partition coefficient (Wildman–Crippen LogP) is 3.13. The molecule has 0 unspecified atom stereocenters. The Bertz CT molecular complexity index is 318. The van der Waals surface area contributed by atoms with Crippen LogP contribution in [0.25, 0.3) is 0 Å². The van der Waals surface area contributed by atoms with Crippen LogP contribution in [0.1, 0.15) is 36.2 Å². The monoisotopic (exact) mass is 194 g/mol. The Balaban J connectivity index is 3.08. The van der Waals surface area contributed by atoms with Crippen LogP contribution < -0.4 is 0 Å². The maximum absolute atomic E-state index is 11.4. The average molecular weight is 194 g/mol. The van der Waals surface area contributed by atoms with Crippen LogP contribution in [0, 0.1) is 0 Å². The fraction of sp³-hybridized carbons (Fsp3) is 0.364. The van der Waals surface area contributed by atoms with Gasteiger partial charge in [0.1, 0.15) is 0 Å². The fourth-order valence-electron chi connectivity index (χ4n) is 1.24. The Kier molecular flexibility index (Phi) is 3.55. The van der Waals surface area contributed by atoms with Crippen LogP contribution in [0.5, 0.6) is 0 Å². The number of carbonyl (C=O) groups is 1. The summed E-state index contributed by atoms with van der Waals surface area (Å²) in [5, 5.41) is 0. The second kappa shape index (κ2) is 4.47. The minimum atomic E-state index is 0.186. The molecule has 0 bridgehead atoms. The van der Waals surface area contributed by atoms with Crippen molar-refractivity contribution in [2.24, 2.45) is 0 Å². The highest BCUT2D eigenvalue weighted by Gasteiger charge is 2.04. The van der Waals surface area contributed by atoms with Crippen molar-refractivity contribution in [1.29, 1.82) is 0 Å². The summed E-state index contributed by atoms with van der Waals surface area (Å²) in [6.07, 6.45) is 1.50. The molecule has 0 aliphatic heterocycles. The number of hydrogen-bond donors (Lipinski definition) is 1. The molecule has 1 rings (SSSR count). The van der Waals surface area contributed by atoms with Gasteiger partial charge in [-0.2, -0.15) is 0 Å². The largest absolute Gasteiger partial charge is 0.294 e. The highest BCUT2D eigenvalue weighted by atomic mass is 32.1. The van der Waals surface area contributed by atoms with Gasteiger partial charge in [0.15, 0.2) is 5.78 Å². The zero-order valence-corrected chi connectivity index (χ0v) is 8.90. The Morgan fingerprint density at radius 3 is 2.54 bits per heavy atom. The molecule has 0 saturated heterocycles. The number of rotatable bonds is 3. The maximum atomic E-state index is 11.4. The number of hydrogen-bond acceptors (Lipinski definition) is 2. The number of benzene rings is 1. The van der Waals surface area contributed by atoms with E-state index >= 15 is 0 Å². The molecule has 13 heavy (non-hydrogen) atoms. The molecule has 70 valence electrons. The number of ketones is 1. The zero-order chi connectivity index (χ0) is 9.84. The van der Waals surface area contributed by atoms with Crippen LogP contribution in [0.3, 0.4) is 0 Å². The number of thiol groups is 1. The van der Waals surface area contributed by atoms with E-state index in [0.29, 0.717) is 6.42 Å². The molecule has 0 aliphatic rings. The summed E-state index contributed by atoms with van der Waals surface area (Å²) in [5.41, 5.74) is 1.95. The first-order valence-electron chi connectivity index (χ1n) is 4.53. The SMILES string of the molecule is CCC(=O)c1cc(S)cc(CC)c1. The zero-order valence-electron chi connectivity index (χ0n) is 8.00. The summed E-state index contributed by atoms with van der Waals surface area (Å²) in [5.74, 6) is 0.186. The molecule has 0 radical (unpaired) electrons. The van der Waals surface area contributed by atoms with E-state index in [1.165, 1.54) is 5.56 Å². The van der Waals surface area contributed by atoms with Gasteiger partial charge in [0.2, 0.25) is 0 Å². The Hall–Kier alpha value is -0.760. The minimum absolute atomic E-state index is 0.186. The van der Waals surface area contributed by atoms with E-state index in [1.54, 1.807) is 0 Å². The highest BCUT2D eigenvalue weighted by Crippen LogP contribution is 2.15. The van der Waals surface area contributed by atoms with Crippen LogP contribution in [0.4, 0.5) is 0 Å². The average Bonchev–Trinajstić information content (AvgIpc) is 2.15. The van der Waals surface area contributed by atoms with E-state index in [0.717, 1.165) is 16.9 Å². The van der Waals surface area contributed by atoms with Crippen molar-refractivity contribution < 1.29 is 4.79 Å². The molecule has 1 aromatic rings. The molecule has 0 atom stereocenters. The van der Waals surface area contributed by atoms with Gasteiger partial charge < -0.3 is 0 Å². The van der Waals surface area contributed by atoms with E-state index in [4.69, 9.17) is 0 Å². The molecule has 0 heterocycles. The molecule has 0 spiro atoms. The number of carbonyl (C=O) groups excluding carboxylic acids is 1. The summed E-state index contributed by atoms with van der Waals surface area (Å²) < 4.78 is 0. The van der Waals surface area contributed by atoms with E-state index in [-0.39, 0.29) is 5.78 Å². The van der Waals surface area contributed by atoms with Crippen molar-refractivity contribution in [3.8, 4) is 0 Å². The van der Waals surface area contributed by atoms with Crippen molar-refractivity contribution in [3.05, 3.63) is 29.3 Å². The first kappa shape index (κ1) is 10.3. The van der Waals surface area contributed by atoms with Crippen LogP contribution in [0.15, 0.2) is 23.1 Å². The smallest absolute Gasteiger partial charge is 0.162 e. The van der Waals surface area contributed by atoms with Gasteiger partial charge in [0.25, 0.3) is 0 Å². The fourth-order valence-corrected chi connectivity index (χ4v) is 1.55. The van der Waals surface area contributed by atoms with Crippen molar-refractivity contribution in [3.63, 3.8) is 0 Å². The van der Waals surface area contributed by atoms with Crippen molar-refractivity contribution in [2.45, 2.75) is 31.6 Å². The van der Waals surface area contributed by atoms with Gasteiger partial charge in [0.05, 0.1) is 0 Å². The number of Topliss-reactive ketones (excluding diaryl/α,β-unsaturated/α-hetero) is 1. The molecule has 0 fully saturated rings. The molecule has 2 heteroatoms. The summed E-state index contributed by atoms with van der Waals surface area (Å²) in [4.78, 5) is 12.3. The molecular formula is C11H14OS. The van der Waals surface area contributed by atoms with E-state index < -0.39 is 0 Å². The van der Waals surface area contributed by atoms with Crippen LogP contribution in [-0.2, 0) is 6.42 Å². The van der Waals surface area contributed by atoms with Crippen LogP contribution >= 0.6 is 12.6 Å². The second-order valence-electron chi connectivity index (χ2n) is 3.02. The topological polar surface area (TPSA) is 17.1 Å². The summed E-state index contributed by atoms with van der Waals surface area (Å²) >= 11 is 4.26. The van der Waals surface area contributed by atoms with Gasteiger partial charge in [-0.15, -0.1) is 12.6 Å². The summed E-state index contributed by atoms with van der Waals surface area (Å²) in [6, 6.07) is 5.77. The van der Waals surface area contributed by atoms with Crippen molar-refractivity contribution in [1.82, 2.24) is 0 Å². The molecule has 0 saturated carbocycles. The third-order valence-corrected chi connectivity index (χ3v) is 2.29. The van der Waals surface area contributed by atoms with Crippen molar-refractivity contribution in [2.75, 3.05) is 0 Å². The van der Waals surface area contributed by atoms with Crippen LogP contribution in [-0.4, -0.2) is 5.78 Å². The third-order valence-electron chi connectivity index (χ3n) is 2.03. The van der Waals surface area contributed by atoms with E-state index in [1.807, 2.05) is 25.1 Å². The normalized spacial score (nSPS) is 10.1. The van der Waals surface area contributed by atoms with E-state index in [9.17, 15) is 4.79 Å². The second-order valence-corrected chi connectivity index (χ2v) is 3.53. The lowest BCUT2D eigenvalue weighted by Gasteiger charge is -2.03. The lowest BCUT2D eigenvalue weighted by atomic mass is 10.0. The van der Waals surface area contributed by atoms with Crippen LogP contribution in [0.2, 0.25) is 0 Å². The Morgan fingerprint density at radius 1 is 1.31 bits per heavy atom. The predicted molar refractivity (Wildman–Crippen MR) is 57.7 cm³/mol. The molecule has 0 amide bonds. The maximum Gasteiger partial charge on any atom is 0.162 e. The Labute approximate surface area is 84.6 Å². The lowest BCUT2D eigenvalue weighted by Crippen LogP contribution is -1.97. The van der Waals surface area contributed by atoms with Gasteiger partial charge >= 0.3 is 0 Å².